The van der Waals surface area contributed by atoms with E-state index in [2.05, 4.69) is 15.0 Å². The van der Waals surface area contributed by atoms with Gasteiger partial charge in [-0.1, -0.05) is 28.9 Å². The fourth-order valence-corrected chi connectivity index (χ4v) is 3.10. The lowest BCUT2D eigenvalue weighted by Crippen LogP contribution is -2.39. The Kier molecular flexibility index (Phi) is 5.48. The Morgan fingerprint density at radius 1 is 1.50 bits per heavy atom. The summed E-state index contributed by atoms with van der Waals surface area (Å²) < 4.78 is 10.5. The molecule has 0 radical (unpaired) electrons. The molecule has 6 nitrogen and oxygen atoms in total. The van der Waals surface area contributed by atoms with Crippen molar-refractivity contribution in [3.63, 3.8) is 0 Å². The van der Waals surface area contributed by atoms with Crippen LogP contribution in [0.3, 0.4) is 0 Å². The zero-order valence-corrected chi connectivity index (χ0v) is 14.3. The van der Waals surface area contributed by atoms with Crippen molar-refractivity contribution >= 4 is 17.6 Å². The first-order valence-electron chi connectivity index (χ1n) is 8.13. The SMILES string of the molecule is CCOC(=O)C1CCCN(Cc2nc(-c3cccc(Cl)c3)no2)C1. The number of hydrogen-bond donors (Lipinski definition) is 0. The second-order valence-electron chi connectivity index (χ2n) is 5.85. The minimum Gasteiger partial charge on any atom is -0.466 e. The first kappa shape index (κ1) is 16.9. The van der Waals surface area contributed by atoms with E-state index >= 15 is 0 Å². The number of likely N-dealkylation sites (tertiary alicyclic amines) is 1. The smallest absolute Gasteiger partial charge is 0.310 e. The predicted molar refractivity (Wildman–Crippen MR) is 89.4 cm³/mol. The molecule has 1 aliphatic heterocycles. The first-order valence-corrected chi connectivity index (χ1v) is 8.51. The lowest BCUT2D eigenvalue weighted by atomic mass is 9.98. The Hall–Kier alpha value is -1.92. The first-order chi connectivity index (χ1) is 11.7. The van der Waals surface area contributed by atoms with E-state index < -0.39 is 0 Å². The van der Waals surface area contributed by atoms with Crippen LogP contribution in [0.15, 0.2) is 28.8 Å². The highest BCUT2D eigenvalue weighted by molar-refractivity contribution is 6.30. The molecule has 0 saturated carbocycles. The summed E-state index contributed by atoms with van der Waals surface area (Å²) in [6, 6.07) is 7.34. The van der Waals surface area contributed by atoms with Gasteiger partial charge in [0.1, 0.15) is 0 Å². The largest absolute Gasteiger partial charge is 0.466 e. The van der Waals surface area contributed by atoms with E-state index in [0.717, 1.165) is 24.9 Å². The zero-order valence-electron chi connectivity index (χ0n) is 13.6. The average Bonchev–Trinajstić information content (AvgIpc) is 3.04. The molecule has 2 aromatic rings. The van der Waals surface area contributed by atoms with Gasteiger partial charge in [-0.15, -0.1) is 0 Å². The summed E-state index contributed by atoms with van der Waals surface area (Å²) in [6.07, 6.45) is 1.83. The van der Waals surface area contributed by atoms with Gasteiger partial charge in [0, 0.05) is 17.1 Å². The summed E-state index contributed by atoms with van der Waals surface area (Å²) in [5.41, 5.74) is 0.820. The minimum absolute atomic E-state index is 0.0750. The number of piperidine rings is 1. The predicted octanol–water partition coefficient (Wildman–Crippen LogP) is 3.17. The maximum absolute atomic E-state index is 11.9. The van der Waals surface area contributed by atoms with Crippen LogP contribution in [-0.2, 0) is 16.1 Å². The van der Waals surface area contributed by atoms with E-state index in [1.54, 1.807) is 12.1 Å². The molecular weight excluding hydrogens is 330 g/mol. The topological polar surface area (TPSA) is 68.5 Å². The molecule has 1 saturated heterocycles. The monoisotopic (exact) mass is 349 g/mol. The van der Waals surface area contributed by atoms with Crippen LogP contribution in [-0.4, -0.2) is 40.7 Å². The van der Waals surface area contributed by atoms with Crippen LogP contribution in [0.1, 0.15) is 25.7 Å². The fourth-order valence-electron chi connectivity index (χ4n) is 2.91. The second-order valence-corrected chi connectivity index (χ2v) is 6.28. The summed E-state index contributed by atoms with van der Waals surface area (Å²) in [4.78, 5) is 18.5. The van der Waals surface area contributed by atoms with Gasteiger partial charge in [-0.05, 0) is 38.4 Å². The Morgan fingerprint density at radius 2 is 2.38 bits per heavy atom. The van der Waals surface area contributed by atoms with Crippen LogP contribution in [0.4, 0.5) is 0 Å². The summed E-state index contributed by atoms with van der Waals surface area (Å²) in [7, 11) is 0. The molecule has 0 N–H and O–H groups in total. The lowest BCUT2D eigenvalue weighted by molar-refractivity contribution is -0.150. The van der Waals surface area contributed by atoms with Gasteiger partial charge in [0.25, 0.3) is 0 Å². The summed E-state index contributed by atoms with van der Waals surface area (Å²) in [5.74, 6) is 0.863. The third-order valence-corrected chi connectivity index (χ3v) is 4.27. The van der Waals surface area contributed by atoms with Gasteiger partial charge >= 0.3 is 5.97 Å². The summed E-state index contributed by atoms with van der Waals surface area (Å²) in [5, 5.41) is 4.65. The highest BCUT2D eigenvalue weighted by Gasteiger charge is 2.27. The molecule has 1 aliphatic rings. The molecule has 0 bridgehead atoms. The molecular formula is C17H20ClN3O3. The van der Waals surface area contributed by atoms with Crippen molar-refractivity contribution in [2.24, 2.45) is 5.92 Å². The Labute approximate surface area is 145 Å². The number of carbonyl (C=O) groups excluding carboxylic acids is 1. The van der Waals surface area contributed by atoms with E-state index in [1.807, 2.05) is 19.1 Å². The molecule has 128 valence electrons. The van der Waals surface area contributed by atoms with Crippen molar-refractivity contribution in [2.75, 3.05) is 19.7 Å². The van der Waals surface area contributed by atoms with Crippen LogP contribution >= 0.6 is 11.6 Å². The molecule has 1 fully saturated rings. The highest BCUT2D eigenvalue weighted by atomic mass is 35.5. The third-order valence-electron chi connectivity index (χ3n) is 4.04. The fraction of sp³-hybridized carbons (Fsp3) is 0.471. The lowest BCUT2D eigenvalue weighted by Gasteiger charge is -2.30. The molecule has 1 unspecified atom stereocenters. The van der Waals surface area contributed by atoms with Gasteiger partial charge in [-0.3, -0.25) is 9.69 Å². The molecule has 24 heavy (non-hydrogen) atoms. The van der Waals surface area contributed by atoms with Crippen molar-refractivity contribution in [1.29, 1.82) is 0 Å². The van der Waals surface area contributed by atoms with Crippen LogP contribution in [0.25, 0.3) is 11.4 Å². The van der Waals surface area contributed by atoms with Crippen LogP contribution in [0, 0.1) is 5.92 Å². The Morgan fingerprint density at radius 3 is 3.17 bits per heavy atom. The van der Waals surface area contributed by atoms with Crippen LogP contribution in [0.5, 0.6) is 0 Å². The molecule has 2 heterocycles. The van der Waals surface area contributed by atoms with Gasteiger partial charge in [-0.25, -0.2) is 0 Å². The van der Waals surface area contributed by atoms with Gasteiger partial charge in [-0.2, -0.15) is 4.98 Å². The summed E-state index contributed by atoms with van der Waals surface area (Å²) in [6.45, 7) is 4.35. The van der Waals surface area contributed by atoms with Crippen molar-refractivity contribution in [2.45, 2.75) is 26.3 Å². The van der Waals surface area contributed by atoms with E-state index in [4.69, 9.17) is 20.9 Å². The van der Waals surface area contributed by atoms with Crippen LogP contribution < -0.4 is 0 Å². The Bertz CT molecular complexity index is 704. The van der Waals surface area contributed by atoms with Crippen molar-refractivity contribution < 1.29 is 14.1 Å². The third kappa shape index (κ3) is 4.13. The van der Waals surface area contributed by atoms with Gasteiger partial charge < -0.3 is 9.26 Å². The summed E-state index contributed by atoms with van der Waals surface area (Å²) >= 11 is 5.99. The number of esters is 1. The van der Waals surface area contributed by atoms with E-state index in [0.29, 0.717) is 36.4 Å². The number of nitrogens with zero attached hydrogens (tertiary/aromatic N) is 3. The average molecular weight is 350 g/mol. The molecule has 1 aromatic carbocycles. The normalized spacial score (nSPS) is 18.5. The van der Waals surface area contributed by atoms with Gasteiger partial charge in [0.05, 0.1) is 19.1 Å². The maximum atomic E-state index is 11.9. The van der Waals surface area contributed by atoms with E-state index in [9.17, 15) is 4.79 Å². The number of benzene rings is 1. The number of rotatable bonds is 5. The zero-order chi connectivity index (χ0) is 16.9. The number of hydrogen-bond acceptors (Lipinski definition) is 6. The van der Waals surface area contributed by atoms with Gasteiger partial charge in [0.2, 0.25) is 11.7 Å². The van der Waals surface area contributed by atoms with Gasteiger partial charge in [0.15, 0.2) is 0 Å². The van der Waals surface area contributed by atoms with Crippen molar-refractivity contribution in [3.05, 3.63) is 35.2 Å². The maximum Gasteiger partial charge on any atom is 0.310 e. The van der Waals surface area contributed by atoms with Crippen LogP contribution in [0.2, 0.25) is 5.02 Å². The number of ether oxygens (including phenoxy) is 1. The van der Waals surface area contributed by atoms with Crippen molar-refractivity contribution in [3.8, 4) is 11.4 Å². The Balaban J connectivity index is 1.63. The number of halogens is 1. The second kappa shape index (κ2) is 7.77. The highest BCUT2D eigenvalue weighted by Crippen LogP contribution is 2.22. The molecule has 7 heteroatoms. The van der Waals surface area contributed by atoms with Crippen molar-refractivity contribution in [1.82, 2.24) is 15.0 Å². The molecule has 3 rings (SSSR count). The minimum atomic E-state index is -0.118. The van der Waals surface area contributed by atoms with E-state index in [1.165, 1.54) is 0 Å². The molecule has 0 amide bonds. The number of carbonyl (C=O) groups is 1. The molecule has 1 aromatic heterocycles. The molecule has 0 aliphatic carbocycles. The number of aromatic nitrogens is 2. The quantitative estimate of drug-likeness (QED) is 0.772. The standard InChI is InChI=1S/C17H20ClN3O3/c1-2-23-17(22)13-6-4-8-21(10-13)11-15-19-16(20-24-15)12-5-3-7-14(18)9-12/h3,5,7,9,13H,2,4,6,8,10-11H2,1H3. The van der Waals surface area contributed by atoms with E-state index in [-0.39, 0.29) is 11.9 Å². The molecule has 0 spiro atoms. The molecule has 1 atom stereocenters.